The van der Waals surface area contributed by atoms with E-state index in [4.69, 9.17) is 10.3 Å². The molecule has 0 spiro atoms. The summed E-state index contributed by atoms with van der Waals surface area (Å²) in [5, 5.41) is 3.98. The number of aromatic nitrogens is 4. The molecule has 0 saturated heterocycles. The van der Waals surface area contributed by atoms with Crippen molar-refractivity contribution < 1.29 is 4.52 Å². The Hall–Kier alpha value is -2.34. The molecule has 0 saturated carbocycles. The molecule has 2 heterocycles. The quantitative estimate of drug-likeness (QED) is 0.784. The van der Waals surface area contributed by atoms with E-state index < -0.39 is 0 Å². The van der Waals surface area contributed by atoms with Gasteiger partial charge in [0.05, 0.1) is 17.1 Å². The van der Waals surface area contributed by atoms with Gasteiger partial charge in [-0.2, -0.15) is 4.98 Å². The SMILES string of the molecule is CC(C)[C@H](N)c1nc(-c2ccc3nccnc3c2)no1. The number of hydrogen-bond acceptors (Lipinski definition) is 6. The lowest BCUT2D eigenvalue weighted by molar-refractivity contribution is 0.325. The molecule has 0 aliphatic rings. The molecule has 3 aromatic rings. The van der Waals surface area contributed by atoms with E-state index in [0.717, 1.165) is 16.6 Å². The molecule has 6 nitrogen and oxygen atoms in total. The van der Waals surface area contributed by atoms with Gasteiger partial charge in [-0.25, -0.2) is 0 Å². The highest BCUT2D eigenvalue weighted by molar-refractivity contribution is 5.79. The predicted molar refractivity (Wildman–Crippen MR) is 74.6 cm³/mol. The first kappa shape index (κ1) is 12.7. The first-order chi connectivity index (χ1) is 9.65. The lowest BCUT2D eigenvalue weighted by Crippen LogP contribution is -2.16. The Morgan fingerprint density at radius 3 is 2.60 bits per heavy atom. The van der Waals surface area contributed by atoms with Crippen molar-refractivity contribution in [2.24, 2.45) is 11.7 Å². The minimum absolute atomic E-state index is 0.241. The van der Waals surface area contributed by atoms with E-state index in [1.165, 1.54) is 0 Å². The molecule has 6 heteroatoms. The highest BCUT2D eigenvalue weighted by Crippen LogP contribution is 2.23. The van der Waals surface area contributed by atoms with Crippen molar-refractivity contribution in [2.75, 3.05) is 0 Å². The van der Waals surface area contributed by atoms with E-state index in [2.05, 4.69) is 20.1 Å². The van der Waals surface area contributed by atoms with Crippen molar-refractivity contribution in [1.82, 2.24) is 20.1 Å². The van der Waals surface area contributed by atoms with Crippen molar-refractivity contribution in [3.05, 3.63) is 36.5 Å². The van der Waals surface area contributed by atoms with E-state index in [0.29, 0.717) is 11.7 Å². The smallest absolute Gasteiger partial charge is 0.244 e. The molecule has 1 atom stereocenters. The fourth-order valence-corrected chi connectivity index (χ4v) is 1.88. The number of nitrogens with two attached hydrogens (primary N) is 1. The average molecular weight is 269 g/mol. The molecule has 0 aliphatic heterocycles. The van der Waals surface area contributed by atoms with Gasteiger partial charge in [0.1, 0.15) is 0 Å². The summed E-state index contributed by atoms with van der Waals surface area (Å²) in [5.74, 6) is 1.21. The van der Waals surface area contributed by atoms with Crippen LogP contribution in [0.5, 0.6) is 0 Å². The summed E-state index contributed by atoms with van der Waals surface area (Å²) in [6.45, 7) is 4.03. The van der Waals surface area contributed by atoms with Crippen LogP contribution < -0.4 is 5.73 Å². The van der Waals surface area contributed by atoms with Crippen LogP contribution in [0.1, 0.15) is 25.8 Å². The lowest BCUT2D eigenvalue weighted by Gasteiger charge is -2.09. The molecule has 2 aromatic heterocycles. The minimum Gasteiger partial charge on any atom is -0.337 e. The fraction of sp³-hybridized carbons (Fsp3) is 0.286. The highest BCUT2D eigenvalue weighted by atomic mass is 16.5. The Balaban J connectivity index is 1.99. The maximum Gasteiger partial charge on any atom is 0.244 e. The van der Waals surface area contributed by atoms with Gasteiger partial charge in [-0.05, 0) is 24.1 Å². The van der Waals surface area contributed by atoms with Crippen LogP contribution in [0, 0.1) is 5.92 Å². The van der Waals surface area contributed by atoms with E-state index in [9.17, 15) is 0 Å². The molecular weight excluding hydrogens is 254 g/mol. The summed E-state index contributed by atoms with van der Waals surface area (Å²) in [7, 11) is 0. The van der Waals surface area contributed by atoms with Crippen LogP contribution in [-0.2, 0) is 0 Å². The highest BCUT2D eigenvalue weighted by Gasteiger charge is 2.18. The van der Waals surface area contributed by atoms with Gasteiger partial charge in [0.2, 0.25) is 11.7 Å². The number of nitrogens with zero attached hydrogens (tertiary/aromatic N) is 4. The van der Waals surface area contributed by atoms with Crippen molar-refractivity contribution in [2.45, 2.75) is 19.9 Å². The molecule has 0 amide bonds. The Morgan fingerprint density at radius 1 is 1.10 bits per heavy atom. The van der Waals surface area contributed by atoms with Gasteiger partial charge in [0, 0.05) is 18.0 Å². The van der Waals surface area contributed by atoms with Crippen LogP contribution in [0.2, 0.25) is 0 Å². The average Bonchev–Trinajstić information content (AvgIpc) is 2.95. The maximum atomic E-state index is 6.00. The zero-order valence-corrected chi connectivity index (χ0v) is 11.3. The van der Waals surface area contributed by atoms with Crippen molar-refractivity contribution in [3.63, 3.8) is 0 Å². The molecule has 0 fully saturated rings. The second kappa shape index (κ2) is 4.97. The van der Waals surface area contributed by atoms with Gasteiger partial charge in [-0.1, -0.05) is 19.0 Å². The molecule has 0 aliphatic carbocycles. The number of benzene rings is 1. The van der Waals surface area contributed by atoms with E-state index >= 15 is 0 Å². The van der Waals surface area contributed by atoms with E-state index in [1.807, 2.05) is 32.0 Å². The molecule has 2 N–H and O–H groups in total. The first-order valence-corrected chi connectivity index (χ1v) is 6.45. The molecule has 20 heavy (non-hydrogen) atoms. The molecule has 3 rings (SSSR count). The van der Waals surface area contributed by atoms with Gasteiger partial charge < -0.3 is 10.3 Å². The van der Waals surface area contributed by atoms with Crippen LogP contribution in [0.25, 0.3) is 22.4 Å². The Kier molecular flexibility index (Phi) is 3.15. The van der Waals surface area contributed by atoms with E-state index in [-0.39, 0.29) is 12.0 Å². The third-order valence-electron chi connectivity index (χ3n) is 3.17. The second-order valence-corrected chi connectivity index (χ2v) is 4.99. The third-order valence-corrected chi connectivity index (χ3v) is 3.17. The number of fused-ring (bicyclic) bond motifs is 1. The standard InChI is InChI=1S/C14H15N5O/c1-8(2)12(15)14-18-13(19-20-14)9-3-4-10-11(7-9)17-6-5-16-10/h3-8,12H,15H2,1-2H3/t12-/m0/s1. The van der Waals surface area contributed by atoms with Gasteiger partial charge in [0.25, 0.3) is 0 Å². The lowest BCUT2D eigenvalue weighted by atomic mass is 10.1. The molecule has 102 valence electrons. The molecule has 0 radical (unpaired) electrons. The van der Waals surface area contributed by atoms with Crippen LogP contribution in [0.3, 0.4) is 0 Å². The van der Waals surface area contributed by atoms with E-state index in [1.54, 1.807) is 12.4 Å². The zero-order chi connectivity index (χ0) is 14.1. The fourth-order valence-electron chi connectivity index (χ4n) is 1.88. The van der Waals surface area contributed by atoms with Gasteiger partial charge in [-0.3, -0.25) is 9.97 Å². The van der Waals surface area contributed by atoms with Gasteiger partial charge in [-0.15, -0.1) is 0 Å². The summed E-state index contributed by atoms with van der Waals surface area (Å²) in [6, 6.07) is 5.41. The number of hydrogen-bond donors (Lipinski definition) is 1. The summed E-state index contributed by atoms with van der Waals surface area (Å²) in [6.07, 6.45) is 3.32. The summed E-state index contributed by atoms with van der Waals surface area (Å²) in [4.78, 5) is 12.8. The largest absolute Gasteiger partial charge is 0.337 e. The summed E-state index contributed by atoms with van der Waals surface area (Å²) >= 11 is 0. The Bertz CT molecular complexity index is 737. The maximum absolute atomic E-state index is 6.00. The summed E-state index contributed by atoms with van der Waals surface area (Å²) in [5.41, 5.74) is 8.47. The molecule has 0 unspecified atom stereocenters. The molecule has 1 aromatic carbocycles. The van der Waals surface area contributed by atoms with Crippen LogP contribution >= 0.6 is 0 Å². The first-order valence-electron chi connectivity index (χ1n) is 6.45. The Labute approximate surface area is 116 Å². The van der Waals surface area contributed by atoms with Crippen LogP contribution in [0.4, 0.5) is 0 Å². The normalized spacial score (nSPS) is 13.0. The minimum atomic E-state index is -0.253. The van der Waals surface area contributed by atoms with Gasteiger partial charge in [0.15, 0.2) is 0 Å². The Morgan fingerprint density at radius 2 is 1.85 bits per heavy atom. The summed E-state index contributed by atoms with van der Waals surface area (Å²) < 4.78 is 5.23. The topological polar surface area (TPSA) is 90.7 Å². The molecular formula is C14H15N5O. The predicted octanol–water partition coefficient (Wildman–Crippen LogP) is 2.34. The monoisotopic (exact) mass is 269 g/mol. The second-order valence-electron chi connectivity index (χ2n) is 4.99. The molecule has 0 bridgehead atoms. The zero-order valence-electron chi connectivity index (χ0n) is 11.3. The van der Waals surface area contributed by atoms with Crippen molar-refractivity contribution in [1.29, 1.82) is 0 Å². The van der Waals surface area contributed by atoms with Gasteiger partial charge >= 0.3 is 0 Å². The van der Waals surface area contributed by atoms with Crippen molar-refractivity contribution >= 4 is 11.0 Å². The van der Waals surface area contributed by atoms with Crippen LogP contribution in [-0.4, -0.2) is 20.1 Å². The van der Waals surface area contributed by atoms with Crippen molar-refractivity contribution in [3.8, 4) is 11.4 Å². The van der Waals surface area contributed by atoms with Crippen LogP contribution in [0.15, 0.2) is 35.1 Å². The number of rotatable bonds is 3. The third kappa shape index (κ3) is 2.25.